The van der Waals surface area contributed by atoms with E-state index in [1.165, 1.54) is 23.5 Å². The average molecular weight is 315 g/mol. The molecule has 0 aliphatic rings. The minimum Gasteiger partial charge on any atom is -0.483 e. The van der Waals surface area contributed by atoms with Crippen LogP contribution in [-0.4, -0.2) is 6.04 Å². The van der Waals surface area contributed by atoms with E-state index in [0.29, 0.717) is 0 Å². The normalized spacial score (nSPS) is 14.8. The van der Waals surface area contributed by atoms with Gasteiger partial charge < -0.3 is 10.5 Å². The number of hydrogen-bond acceptors (Lipinski definition) is 3. The van der Waals surface area contributed by atoms with E-state index in [1.54, 1.807) is 6.92 Å². The molecule has 0 amide bonds. The fraction of sp³-hybridized carbons (Fsp3) is 0.333. The van der Waals surface area contributed by atoms with Crippen LogP contribution in [0.2, 0.25) is 0 Å². The van der Waals surface area contributed by atoms with Crippen LogP contribution in [0.1, 0.15) is 28.3 Å². The maximum absolute atomic E-state index is 12.7. The van der Waals surface area contributed by atoms with Crippen LogP contribution in [0.15, 0.2) is 36.4 Å². The lowest BCUT2D eigenvalue weighted by molar-refractivity contribution is -0.137. The van der Waals surface area contributed by atoms with Crippen LogP contribution in [0.25, 0.3) is 0 Å². The summed E-state index contributed by atoms with van der Waals surface area (Å²) >= 11 is 1.53. The van der Waals surface area contributed by atoms with Crippen molar-refractivity contribution in [3.63, 3.8) is 0 Å². The van der Waals surface area contributed by atoms with Gasteiger partial charge in [0.2, 0.25) is 0 Å². The molecule has 0 fully saturated rings. The average Bonchev–Trinajstić information content (AvgIpc) is 2.81. The molecule has 2 nitrogen and oxygen atoms in total. The number of aryl methyl sites for hydroxylation is 1. The van der Waals surface area contributed by atoms with Crippen molar-refractivity contribution in [2.75, 3.05) is 0 Å². The van der Waals surface area contributed by atoms with E-state index in [-0.39, 0.29) is 11.8 Å². The number of nitrogens with two attached hydrogens (primary N) is 1. The number of ether oxygens (including phenoxy) is 1. The second-order valence-electron chi connectivity index (χ2n) is 4.87. The van der Waals surface area contributed by atoms with E-state index in [9.17, 15) is 13.2 Å². The van der Waals surface area contributed by atoms with Crippen LogP contribution in [0.5, 0.6) is 5.75 Å². The Labute approximate surface area is 125 Å². The highest BCUT2D eigenvalue weighted by atomic mass is 32.1. The highest BCUT2D eigenvalue weighted by Crippen LogP contribution is 2.34. The van der Waals surface area contributed by atoms with Crippen LogP contribution < -0.4 is 10.5 Å². The molecule has 2 rings (SSSR count). The molecule has 0 saturated heterocycles. The number of benzene rings is 1. The fourth-order valence-electron chi connectivity index (χ4n) is 1.92. The Balaban J connectivity index is 2.26. The van der Waals surface area contributed by atoms with Gasteiger partial charge in [0.05, 0.1) is 5.56 Å². The molecule has 0 saturated carbocycles. The first-order valence-electron chi connectivity index (χ1n) is 6.43. The number of alkyl halides is 3. The molecule has 2 atom stereocenters. The predicted molar refractivity (Wildman–Crippen MR) is 77.5 cm³/mol. The maximum atomic E-state index is 12.7. The Morgan fingerprint density at radius 3 is 2.43 bits per heavy atom. The van der Waals surface area contributed by atoms with E-state index >= 15 is 0 Å². The first kappa shape index (κ1) is 15.9. The molecule has 0 bridgehead atoms. The molecule has 114 valence electrons. The molecule has 1 aromatic heterocycles. The van der Waals surface area contributed by atoms with Crippen molar-refractivity contribution in [3.8, 4) is 5.75 Å². The largest absolute Gasteiger partial charge is 0.483 e. The number of halogens is 3. The van der Waals surface area contributed by atoms with Gasteiger partial charge >= 0.3 is 6.18 Å². The van der Waals surface area contributed by atoms with E-state index in [1.807, 2.05) is 19.1 Å². The Morgan fingerprint density at radius 2 is 1.90 bits per heavy atom. The number of rotatable bonds is 4. The first-order valence-corrected chi connectivity index (χ1v) is 7.25. The lowest BCUT2D eigenvalue weighted by atomic mass is 10.1. The maximum Gasteiger partial charge on any atom is 0.416 e. The van der Waals surface area contributed by atoms with E-state index in [2.05, 4.69) is 0 Å². The molecule has 21 heavy (non-hydrogen) atoms. The first-order chi connectivity index (χ1) is 9.77. The van der Waals surface area contributed by atoms with Crippen LogP contribution in [0, 0.1) is 6.92 Å². The Bertz CT molecular complexity index is 607. The lowest BCUT2D eigenvalue weighted by Gasteiger charge is -2.22. The van der Waals surface area contributed by atoms with Gasteiger partial charge in [-0.3, -0.25) is 0 Å². The minimum atomic E-state index is -4.39. The summed E-state index contributed by atoms with van der Waals surface area (Å²) in [5.74, 6) is 0.165. The minimum absolute atomic E-state index is 0.165. The molecule has 0 spiro atoms. The van der Waals surface area contributed by atoms with Crippen molar-refractivity contribution in [2.45, 2.75) is 32.2 Å². The summed E-state index contributed by atoms with van der Waals surface area (Å²) in [5, 5.41) is 0. The van der Waals surface area contributed by atoms with Gasteiger partial charge in [-0.05, 0) is 44.2 Å². The van der Waals surface area contributed by atoms with Crippen molar-refractivity contribution in [1.29, 1.82) is 0 Å². The number of thiophene rings is 1. The van der Waals surface area contributed by atoms with Crippen molar-refractivity contribution < 1.29 is 17.9 Å². The van der Waals surface area contributed by atoms with Gasteiger partial charge in [0.15, 0.2) is 0 Å². The van der Waals surface area contributed by atoms with Crippen LogP contribution in [0.3, 0.4) is 0 Å². The topological polar surface area (TPSA) is 35.2 Å². The van der Waals surface area contributed by atoms with Gasteiger partial charge in [-0.1, -0.05) is 6.07 Å². The summed E-state index contributed by atoms with van der Waals surface area (Å²) in [6.07, 6.45) is -4.85. The zero-order valence-corrected chi connectivity index (χ0v) is 12.5. The number of hydrogen-bond donors (Lipinski definition) is 1. The smallest absolute Gasteiger partial charge is 0.416 e. The molecule has 6 heteroatoms. The molecular formula is C15H16F3NOS. The van der Waals surface area contributed by atoms with E-state index in [4.69, 9.17) is 10.5 Å². The summed E-state index contributed by atoms with van der Waals surface area (Å²) in [6, 6.07) is 8.34. The third-order valence-electron chi connectivity index (χ3n) is 2.94. The molecule has 0 radical (unpaired) electrons. The van der Waals surface area contributed by atoms with E-state index in [0.717, 1.165) is 21.9 Å². The highest BCUT2D eigenvalue weighted by Gasteiger charge is 2.31. The quantitative estimate of drug-likeness (QED) is 0.899. The van der Waals surface area contributed by atoms with Gasteiger partial charge in [0.25, 0.3) is 0 Å². The summed E-state index contributed by atoms with van der Waals surface area (Å²) in [7, 11) is 0. The SMILES string of the molecule is Cc1ccc(C(Oc2cccc(C(F)(F)F)c2)C(C)N)s1. The molecule has 0 aliphatic heterocycles. The Hall–Kier alpha value is -1.53. The standard InChI is InChI=1S/C15H16F3NOS/c1-9-6-7-13(21-9)14(10(2)19)20-12-5-3-4-11(8-12)15(16,17)18/h3-8,10,14H,19H2,1-2H3. The van der Waals surface area contributed by atoms with Gasteiger partial charge in [-0.15, -0.1) is 11.3 Å². The van der Waals surface area contributed by atoms with Gasteiger partial charge in [-0.2, -0.15) is 13.2 Å². The van der Waals surface area contributed by atoms with Crippen molar-refractivity contribution in [1.82, 2.24) is 0 Å². The summed E-state index contributed by atoms with van der Waals surface area (Å²) in [5.41, 5.74) is 5.18. The zero-order chi connectivity index (χ0) is 15.6. The molecular weight excluding hydrogens is 299 g/mol. The molecule has 1 heterocycles. The summed E-state index contributed by atoms with van der Waals surface area (Å²) < 4.78 is 43.8. The Morgan fingerprint density at radius 1 is 1.19 bits per heavy atom. The van der Waals surface area contributed by atoms with Crippen molar-refractivity contribution >= 4 is 11.3 Å². The van der Waals surface area contributed by atoms with Crippen molar-refractivity contribution in [2.24, 2.45) is 5.73 Å². The predicted octanol–water partition coefficient (Wildman–Crippen LogP) is 4.54. The zero-order valence-electron chi connectivity index (χ0n) is 11.6. The Kier molecular flexibility index (Phi) is 4.58. The second-order valence-corrected chi connectivity index (χ2v) is 6.19. The molecule has 2 aromatic rings. The molecule has 2 unspecified atom stereocenters. The lowest BCUT2D eigenvalue weighted by Crippen LogP contribution is -2.28. The highest BCUT2D eigenvalue weighted by molar-refractivity contribution is 7.12. The monoisotopic (exact) mass is 315 g/mol. The third kappa shape index (κ3) is 3.98. The second kappa shape index (κ2) is 6.07. The fourth-order valence-corrected chi connectivity index (χ4v) is 2.95. The van der Waals surface area contributed by atoms with Gasteiger partial charge in [-0.25, -0.2) is 0 Å². The van der Waals surface area contributed by atoms with E-state index < -0.39 is 17.8 Å². The van der Waals surface area contributed by atoms with Crippen molar-refractivity contribution in [3.05, 3.63) is 51.7 Å². The summed E-state index contributed by atoms with van der Waals surface area (Å²) in [4.78, 5) is 2.00. The third-order valence-corrected chi connectivity index (χ3v) is 4.01. The molecule has 0 aliphatic carbocycles. The summed E-state index contributed by atoms with van der Waals surface area (Å²) in [6.45, 7) is 3.73. The molecule has 1 aromatic carbocycles. The van der Waals surface area contributed by atoms with Gasteiger partial charge in [0, 0.05) is 15.8 Å². The molecule has 2 N–H and O–H groups in total. The van der Waals surface area contributed by atoms with Gasteiger partial charge in [0.1, 0.15) is 11.9 Å². The van der Waals surface area contributed by atoms with Crippen LogP contribution in [-0.2, 0) is 6.18 Å². The van der Waals surface area contributed by atoms with Crippen LogP contribution >= 0.6 is 11.3 Å². The van der Waals surface area contributed by atoms with Crippen LogP contribution in [0.4, 0.5) is 13.2 Å².